The summed E-state index contributed by atoms with van der Waals surface area (Å²) in [5, 5.41) is 10.0. The third-order valence-corrected chi connectivity index (χ3v) is 8.03. The number of nitrogens with two attached hydrogens (primary N) is 1. The maximum Gasteiger partial charge on any atom is 0.324 e. The van der Waals surface area contributed by atoms with Crippen LogP contribution in [-0.4, -0.2) is 40.6 Å². The molecule has 2 rings (SSSR count). The fraction of sp³-hybridized carbons (Fsp3) is 0.677. The molecule has 9 nitrogen and oxygen atoms in total. The SMILES string of the molecule is CC(C)C(C)C(=O)Oc1ccc(CC(N)(C[C@H](C)OC(=O)C2CCCCC2)C(=O)O)cc1OC(=O)C(C)C(C)C. The minimum Gasteiger partial charge on any atom is -0.480 e. The summed E-state index contributed by atoms with van der Waals surface area (Å²) >= 11 is 0. The van der Waals surface area contributed by atoms with Gasteiger partial charge < -0.3 is 25.1 Å². The van der Waals surface area contributed by atoms with E-state index in [2.05, 4.69) is 0 Å². The standard InChI is InChI=1S/C31H47NO8/c1-18(2)21(6)27(33)39-25-14-13-23(15-26(25)40-28(34)22(7)19(3)4)17-31(32,30(36)37)16-20(5)38-29(35)24-11-9-8-10-12-24/h13-15,18-22,24H,8-12,16-17,32H2,1-7H3,(H,36,37)/t20-,21?,22?,31?/m0/s1. The second kappa shape index (κ2) is 14.6. The quantitative estimate of drug-likeness (QED) is 0.242. The first-order chi connectivity index (χ1) is 18.6. The minimum absolute atomic E-state index is 0.0174. The molecule has 0 aliphatic heterocycles. The van der Waals surface area contributed by atoms with Gasteiger partial charge in [-0.1, -0.05) is 66.9 Å². The Kier molecular flexibility index (Phi) is 12.2. The number of aliphatic carboxylic acids is 1. The molecule has 1 fully saturated rings. The first-order valence-corrected chi connectivity index (χ1v) is 14.4. The van der Waals surface area contributed by atoms with Crippen molar-refractivity contribution in [3.8, 4) is 11.5 Å². The third-order valence-electron chi connectivity index (χ3n) is 8.03. The number of hydrogen-bond acceptors (Lipinski definition) is 8. The van der Waals surface area contributed by atoms with Crippen LogP contribution >= 0.6 is 0 Å². The average Bonchev–Trinajstić information content (AvgIpc) is 2.89. The highest BCUT2D eigenvalue weighted by atomic mass is 16.6. The van der Waals surface area contributed by atoms with Gasteiger partial charge in [0.15, 0.2) is 11.5 Å². The number of benzene rings is 1. The van der Waals surface area contributed by atoms with E-state index in [9.17, 15) is 24.3 Å². The summed E-state index contributed by atoms with van der Waals surface area (Å²) in [5.74, 6) is -3.35. The molecule has 0 radical (unpaired) electrons. The van der Waals surface area contributed by atoms with E-state index >= 15 is 0 Å². The Morgan fingerprint density at radius 3 is 1.90 bits per heavy atom. The number of hydrogen-bond donors (Lipinski definition) is 2. The van der Waals surface area contributed by atoms with Crippen LogP contribution in [0.2, 0.25) is 0 Å². The molecule has 0 spiro atoms. The molecule has 9 heteroatoms. The van der Waals surface area contributed by atoms with Crippen LogP contribution in [0.3, 0.4) is 0 Å². The summed E-state index contributed by atoms with van der Waals surface area (Å²) in [7, 11) is 0. The zero-order chi connectivity index (χ0) is 30.2. The molecule has 40 heavy (non-hydrogen) atoms. The molecule has 4 atom stereocenters. The van der Waals surface area contributed by atoms with E-state index in [1.54, 1.807) is 26.8 Å². The van der Waals surface area contributed by atoms with Gasteiger partial charge in [0, 0.05) is 12.8 Å². The highest BCUT2D eigenvalue weighted by Gasteiger charge is 2.38. The summed E-state index contributed by atoms with van der Waals surface area (Å²) in [6, 6.07) is 4.56. The topological polar surface area (TPSA) is 142 Å². The lowest BCUT2D eigenvalue weighted by atomic mass is 9.86. The van der Waals surface area contributed by atoms with Crippen molar-refractivity contribution < 1.29 is 38.5 Å². The molecule has 1 aliphatic carbocycles. The van der Waals surface area contributed by atoms with E-state index < -0.39 is 35.5 Å². The van der Waals surface area contributed by atoms with Crippen LogP contribution in [0.4, 0.5) is 0 Å². The first-order valence-electron chi connectivity index (χ1n) is 14.4. The molecule has 1 saturated carbocycles. The second-order valence-electron chi connectivity index (χ2n) is 12.1. The predicted molar refractivity (Wildman–Crippen MR) is 151 cm³/mol. The lowest BCUT2D eigenvalue weighted by Crippen LogP contribution is -2.52. The van der Waals surface area contributed by atoms with E-state index in [1.807, 2.05) is 27.7 Å². The van der Waals surface area contributed by atoms with Gasteiger partial charge in [0.05, 0.1) is 17.8 Å². The van der Waals surface area contributed by atoms with Gasteiger partial charge in [0.1, 0.15) is 11.6 Å². The zero-order valence-electron chi connectivity index (χ0n) is 25.0. The zero-order valence-corrected chi connectivity index (χ0v) is 25.0. The maximum absolute atomic E-state index is 12.8. The Hall–Kier alpha value is -2.94. The molecule has 0 saturated heterocycles. The van der Waals surface area contributed by atoms with E-state index in [0.29, 0.717) is 5.56 Å². The monoisotopic (exact) mass is 561 g/mol. The number of carboxylic acid groups (broad SMARTS) is 1. The normalized spacial score (nSPS) is 17.9. The van der Waals surface area contributed by atoms with Crippen LogP contribution in [0.1, 0.15) is 92.6 Å². The number of esters is 3. The lowest BCUT2D eigenvalue weighted by molar-refractivity contribution is -0.158. The van der Waals surface area contributed by atoms with E-state index in [1.165, 1.54) is 12.1 Å². The highest BCUT2D eigenvalue weighted by Crippen LogP contribution is 2.33. The fourth-order valence-electron chi connectivity index (χ4n) is 4.56. The molecule has 1 aromatic rings. The van der Waals surface area contributed by atoms with Crippen LogP contribution in [0.15, 0.2) is 18.2 Å². The van der Waals surface area contributed by atoms with Crippen LogP contribution < -0.4 is 15.2 Å². The van der Waals surface area contributed by atoms with Crippen molar-refractivity contribution in [2.24, 2.45) is 35.3 Å². The second-order valence-corrected chi connectivity index (χ2v) is 12.1. The van der Waals surface area contributed by atoms with Crippen molar-refractivity contribution >= 4 is 23.9 Å². The Morgan fingerprint density at radius 1 is 0.875 bits per heavy atom. The lowest BCUT2D eigenvalue weighted by Gasteiger charge is -2.29. The van der Waals surface area contributed by atoms with Crippen LogP contribution in [0.5, 0.6) is 11.5 Å². The van der Waals surface area contributed by atoms with Gasteiger partial charge in [-0.25, -0.2) is 0 Å². The van der Waals surface area contributed by atoms with E-state index in [0.717, 1.165) is 32.1 Å². The third kappa shape index (κ3) is 9.32. The fourth-order valence-corrected chi connectivity index (χ4v) is 4.56. The van der Waals surface area contributed by atoms with Gasteiger partial charge in [-0.2, -0.15) is 0 Å². The summed E-state index contributed by atoms with van der Waals surface area (Å²) in [6.45, 7) is 12.7. The smallest absolute Gasteiger partial charge is 0.324 e. The Bertz CT molecular complexity index is 1050. The minimum atomic E-state index is -1.76. The van der Waals surface area contributed by atoms with Gasteiger partial charge in [-0.15, -0.1) is 0 Å². The number of carboxylic acids is 1. The van der Waals surface area contributed by atoms with E-state index in [4.69, 9.17) is 19.9 Å². The molecular weight excluding hydrogens is 514 g/mol. The number of carbonyl (C=O) groups is 4. The molecular formula is C31H47NO8. The van der Waals surface area contributed by atoms with Gasteiger partial charge in [-0.3, -0.25) is 19.2 Å². The van der Waals surface area contributed by atoms with Gasteiger partial charge in [0.25, 0.3) is 0 Å². The first kappa shape index (κ1) is 33.3. The summed E-state index contributed by atoms with van der Waals surface area (Å²) in [5.41, 5.74) is 5.08. The molecule has 0 heterocycles. The predicted octanol–water partition coefficient (Wildman–Crippen LogP) is 5.31. The number of ether oxygens (including phenoxy) is 3. The van der Waals surface area contributed by atoms with Crippen molar-refractivity contribution in [1.29, 1.82) is 0 Å². The molecule has 3 N–H and O–H groups in total. The maximum atomic E-state index is 12.8. The molecule has 3 unspecified atom stereocenters. The van der Waals surface area contributed by atoms with Crippen molar-refractivity contribution in [3.05, 3.63) is 23.8 Å². The van der Waals surface area contributed by atoms with Gasteiger partial charge >= 0.3 is 23.9 Å². The van der Waals surface area contributed by atoms with Crippen LogP contribution in [0.25, 0.3) is 0 Å². The van der Waals surface area contributed by atoms with Crippen molar-refractivity contribution in [2.45, 2.75) is 105 Å². The summed E-state index contributed by atoms with van der Waals surface area (Å²) in [6.07, 6.45) is 3.68. The molecule has 0 bridgehead atoms. The largest absolute Gasteiger partial charge is 0.480 e. The van der Waals surface area contributed by atoms with E-state index in [-0.39, 0.29) is 54.0 Å². The molecule has 1 aliphatic rings. The van der Waals surface area contributed by atoms with Crippen molar-refractivity contribution in [3.63, 3.8) is 0 Å². The molecule has 224 valence electrons. The van der Waals surface area contributed by atoms with Gasteiger partial charge in [-0.05, 0) is 49.3 Å². The van der Waals surface area contributed by atoms with Crippen LogP contribution in [0, 0.1) is 29.6 Å². The highest BCUT2D eigenvalue weighted by molar-refractivity contribution is 5.80. The molecule has 0 amide bonds. The van der Waals surface area contributed by atoms with Gasteiger partial charge in [0.2, 0.25) is 0 Å². The molecule has 1 aromatic carbocycles. The van der Waals surface area contributed by atoms with Crippen molar-refractivity contribution in [2.75, 3.05) is 0 Å². The Morgan fingerprint density at radius 2 is 1.40 bits per heavy atom. The Balaban J connectivity index is 2.28. The summed E-state index contributed by atoms with van der Waals surface area (Å²) < 4.78 is 16.8. The van der Waals surface area contributed by atoms with Crippen LogP contribution in [-0.2, 0) is 30.3 Å². The molecule has 0 aromatic heterocycles. The Labute approximate surface area is 238 Å². The number of carbonyl (C=O) groups excluding carboxylic acids is 3. The van der Waals surface area contributed by atoms with Crippen molar-refractivity contribution in [1.82, 2.24) is 0 Å². The number of rotatable bonds is 13. The summed E-state index contributed by atoms with van der Waals surface area (Å²) in [4.78, 5) is 50.3. The average molecular weight is 562 g/mol.